The highest BCUT2D eigenvalue weighted by Crippen LogP contribution is 1.84. The molecule has 0 aliphatic heterocycles. The molecule has 0 aliphatic rings. The van der Waals surface area contributed by atoms with Crippen molar-refractivity contribution < 1.29 is 14.9 Å². The van der Waals surface area contributed by atoms with Gasteiger partial charge in [0, 0.05) is 7.11 Å². The summed E-state index contributed by atoms with van der Waals surface area (Å²) in [5.74, 6) is 0. The molecular weight excluding hydrogens is 96.0 g/mol. The monoisotopic (exact) mass is 106 g/mol. The average molecular weight is 106 g/mol. The largest absolute Gasteiger partial charge is 0.379 e. The highest BCUT2D eigenvalue weighted by atomic mass is 17.1. The van der Waals surface area contributed by atoms with Crippen molar-refractivity contribution in [2.24, 2.45) is 0 Å². The summed E-state index contributed by atoms with van der Waals surface area (Å²) in [6, 6.07) is 0. The van der Waals surface area contributed by atoms with Gasteiger partial charge in [0.15, 0.2) is 0 Å². The number of ether oxygens (including phenoxy) is 1. The van der Waals surface area contributed by atoms with Crippen molar-refractivity contribution in [3.63, 3.8) is 0 Å². The fraction of sp³-hybridized carbons (Fsp3) is 1.00. The molecule has 7 heavy (non-hydrogen) atoms. The van der Waals surface area contributed by atoms with Crippen molar-refractivity contribution in [2.75, 3.05) is 13.7 Å². The molecule has 0 spiro atoms. The van der Waals surface area contributed by atoms with E-state index < -0.39 is 0 Å². The van der Waals surface area contributed by atoms with Crippen LogP contribution in [0.4, 0.5) is 0 Å². The summed E-state index contributed by atoms with van der Waals surface area (Å²) < 4.78 is 4.71. The topological polar surface area (TPSA) is 38.7 Å². The van der Waals surface area contributed by atoms with Gasteiger partial charge in [-0.15, -0.1) is 0 Å². The summed E-state index contributed by atoms with van der Waals surface area (Å²) in [4.78, 5) is 3.77. The minimum Gasteiger partial charge on any atom is -0.379 e. The molecule has 0 aliphatic carbocycles. The third kappa shape index (κ3) is 3.72. The molecule has 0 radical (unpaired) electrons. The molecule has 0 aromatic heterocycles. The number of rotatable bonds is 3. The van der Waals surface area contributed by atoms with Crippen molar-refractivity contribution in [3.05, 3.63) is 0 Å². The second kappa shape index (κ2) is 4.05. The molecular formula is C4H10O3. The third-order valence-corrected chi connectivity index (χ3v) is 0.712. The molecule has 1 N–H and O–H groups in total. The predicted octanol–water partition coefficient (Wildman–Crippen LogP) is 0.511. The van der Waals surface area contributed by atoms with Crippen molar-refractivity contribution in [1.29, 1.82) is 0 Å². The summed E-state index contributed by atoms with van der Waals surface area (Å²) >= 11 is 0. The van der Waals surface area contributed by atoms with Gasteiger partial charge in [0.1, 0.15) is 6.61 Å². The zero-order valence-corrected chi connectivity index (χ0v) is 4.55. The van der Waals surface area contributed by atoms with Gasteiger partial charge in [0.2, 0.25) is 0 Å². The van der Waals surface area contributed by atoms with Crippen LogP contribution in [0.3, 0.4) is 0 Å². The molecule has 0 amide bonds. The van der Waals surface area contributed by atoms with E-state index in [1.807, 2.05) is 0 Å². The Labute approximate surface area is 42.8 Å². The first-order chi connectivity index (χ1) is 3.31. The van der Waals surface area contributed by atoms with Crippen LogP contribution in [-0.4, -0.2) is 25.1 Å². The van der Waals surface area contributed by atoms with Crippen molar-refractivity contribution in [2.45, 2.75) is 13.0 Å². The van der Waals surface area contributed by atoms with Gasteiger partial charge >= 0.3 is 0 Å². The van der Waals surface area contributed by atoms with Crippen molar-refractivity contribution in [1.82, 2.24) is 0 Å². The Morgan fingerprint density at radius 2 is 2.29 bits per heavy atom. The fourth-order valence-electron chi connectivity index (χ4n) is 0.173. The predicted molar refractivity (Wildman–Crippen MR) is 25.1 cm³/mol. The van der Waals surface area contributed by atoms with E-state index in [1.165, 1.54) is 0 Å². The van der Waals surface area contributed by atoms with Gasteiger partial charge < -0.3 is 4.74 Å². The lowest BCUT2D eigenvalue weighted by Crippen LogP contribution is -2.11. The Bertz CT molecular complexity index is 37.9. The van der Waals surface area contributed by atoms with E-state index in [0.29, 0.717) is 0 Å². The molecule has 0 heterocycles. The minimum absolute atomic E-state index is 0.0231. The van der Waals surface area contributed by atoms with Crippen LogP contribution in [0.25, 0.3) is 0 Å². The van der Waals surface area contributed by atoms with Gasteiger partial charge in [0.25, 0.3) is 0 Å². The van der Waals surface area contributed by atoms with E-state index in [2.05, 4.69) is 4.89 Å². The summed E-state index contributed by atoms with van der Waals surface area (Å²) in [5.41, 5.74) is 0. The molecule has 0 bridgehead atoms. The van der Waals surface area contributed by atoms with Crippen LogP contribution in [0.1, 0.15) is 6.92 Å². The quantitative estimate of drug-likeness (QED) is 0.421. The fourth-order valence-corrected chi connectivity index (χ4v) is 0.173. The lowest BCUT2D eigenvalue weighted by atomic mass is 10.4. The molecule has 0 aromatic carbocycles. The molecule has 1 unspecified atom stereocenters. The van der Waals surface area contributed by atoms with E-state index in [4.69, 9.17) is 9.99 Å². The smallest absolute Gasteiger partial charge is 0.108 e. The lowest BCUT2D eigenvalue weighted by Gasteiger charge is -2.03. The van der Waals surface area contributed by atoms with Crippen LogP contribution >= 0.6 is 0 Å². The van der Waals surface area contributed by atoms with Crippen LogP contribution in [0.2, 0.25) is 0 Å². The zero-order valence-electron chi connectivity index (χ0n) is 4.55. The van der Waals surface area contributed by atoms with Crippen LogP contribution in [-0.2, 0) is 9.62 Å². The molecule has 0 rings (SSSR count). The second-order valence-electron chi connectivity index (χ2n) is 1.34. The zero-order chi connectivity index (χ0) is 5.70. The first kappa shape index (κ1) is 6.88. The molecule has 0 saturated heterocycles. The minimum atomic E-state index is -0.0231. The summed E-state index contributed by atoms with van der Waals surface area (Å²) in [5, 5.41) is 7.79. The van der Waals surface area contributed by atoms with Crippen LogP contribution in [0.15, 0.2) is 0 Å². The highest BCUT2D eigenvalue weighted by molar-refractivity contribution is 4.40. The van der Waals surface area contributed by atoms with Crippen LogP contribution < -0.4 is 0 Å². The Hall–Kier alpha value is -0.120. The first-order valence-electron chi connectivity index (χ1n) is 2.10. The summed E-state index contributed by atoms with van der Waals surface area (Å²) in [6.07, 6.45) is -0.0231. The Morgan fingerprint density at radius 3 is 2.43 bits per heavy atom. The van der Waals surface area contributed by atoms with Crippen molar-refractivity contribution >= 4 is 0 Å². The van der Waals surface area contributed by atoms with E-state index in [0.717, 1.165) is 0 Å². The van der Waals surface area contributed by atoms with E-state index >= 15 is 0 Å². The van der Waals surface area contributed by atoms with Gasteiger partial charge in [-0.1, -0.05) is 0 Å². The normalized spacial score (nSPS) is 14.1. The molecule has 0 saturated carbocycles. The van der Waals surface area contributed by atoms with E-state index in [1.54, 1.807) is 14.0 Å². The third-order valence-electron chi connectivity index (χ3n) is 0.712. The first-order valence-corrected chi connectivity index (χ1v) is 2.10. The number of hydrogen-bond acceptors (Lipinski definition) is 3. The Morgan fingerprint density at radius 1 is 1.71 bits per heavy atom. The summed E-state index contributed by atoms with van der Waals surface area (Å²) in [6.45, 7) is 2.03. The number of hydrogen-bond donors (Lipinski definition) is 1. The van der Waals surface area contributed by atoms with Crippen LogP contribution in [0, 0.1) is 0 Å². The standard InChI is InChI=1S/C4H10O3/c1-4(6-2)3-7-5/h4-5H,3H2,1-2H3. The average Bonchev–Trinajstić information content (AvgIpc) is 1.68. The lowest BCUT2D eigenvalue weighted by molar-refractivity contribution is -0.257. The van der Waals surface area contributed by atoms with Gasteiger partial charge in [-0.05, 0) is 6.92 Å². The maximum Gasteiger partial charge on any atom is 0.108 e. The molecule has 44 valence electrons. The Balaban J connectivity index is 2.83. The number of methoxy groups -OCH3 is 1. The molecule has 0 aromatic rings. The maximum atomic E-state index is 7.79. The SMILES string of the molecule is COC(C)COO. The maximum absolute atomic E-state index is 7.79. The van der Waals surface area contributed by atoms with Crippen molar-refractivity contribution in [3.8, 4) is 0 Å². The van der Waals surface area contributed by atoms with Gasteiger partial charge in [-0.2, -0.15) is 0 Å². The molecule has 3 heteroatoms. The molecule has 1 atom stereocenters. The molecule has 3 nitrogen and oxygen atoms in total. The molecule has 0 fully saturated rings. The van der Waals surface area contributed by atoms with Gasteiger partial charge in [-0.25, -0.2) is 4.89 Å². The Kier molecular flexibility index (Phi) is 3.98. The van der Waals surface area contributed by atoms with Crippen LogP contribution in [0.5, 0.6) is 0 Å². The second-order valence-corrected chi connectivity index (χ2v) is 1.34. The van der Waals surface area contributed by atoms with E-state index in [-0.39, 0.29) is 12.7 Å². The van der Waals surface area contributed by atoms with Gasteiger partial charge in [-0.3, -0.25) is 5.26 Å². The summed E-state index contributed by atoms with van der Waals surface area (Å²) in [7, 11) is 1.56. The highest BCUT2D eigenvalue weighted by Gasteiger charge is 1.94. The van der Waals surface area contributed by atoms with Gasteiger partial charge in [0.05, 0.1) is 6.10 Å². The van der Waals surface area contributed by atoms with E-state index in [9.17, 15) is 0 Å².